The second-order valence-corrected chi connectivity index (χ2v) is 21.7. The van der Waals surface area contributed by atoms with Crippen molar-refractivity contribution in [3.05, 3.63) is 48.6 Å². The van der Waals surface area contributed by atoms with Crippen LogP contribution in [-0.2, 0) is 14.3 Å². The topological polar surface area (TPSA) is 95.9 Å². The maximum atomic E-state index is 12.5. The molecule has 0 heterocycles. The van der Waals surface area contributed by atoms with E-state index in [-0.39, 0.29) is 18.5 Å². The van der Waals surface area contributed by atoms with Crippen LogP contribution in [0.3, 0.4) is 0 Å². The normalized spacial score (nSPS) is 12.9. The summed E-state index contributed by atoms with van der Waals surface area (Å²) in [5.74, 6) is -0.0749. The van der Waals surface area contributed by atoms with E-state index in [9.17, 15) is 19.8 Å². The summed E-state index contributed by atoms with van der Waals surface area (Å²) < 4.78 is 5.49. The molecule has 1 amide bonds. The number of carbonyl (C=O) groups excluding carboxylic acids is 2. The van der Waals surface area contributed by atoms with Crippen molar-refractivity contribution < 1.29 is 24.5 Å². The van der Waals surface area contributed by atoms with Gasteiger partial charge in [-0.05, 0) is 89.9 Å². The van der Waals surface area contributed by atoms with Crippen LogP contribution in [0, 0.1) is 0 Å². The van der Waals surface area contributed by atoms with Gasteiger partial charge in [0.1, 0.15) is 0 Å². The Kier molecular flexibility index (Phi) is 59.5. The average molecular weight is 1010 g/mol. The molecule has 0 aromatic carbocycles. The molecule has 0 aliphatic carbocycles. The van der Waals surface area contributed by atoms with Crippen molar-refractivity contribution in [2.75, 3.05) is 13.2 Å². The number of allylic oxidation sites excluding steroid dienone is 7. The van der Waals surface area contributed by atoms with Crippen LogP contribution in [0.2, 0.25) is 0 Å². The lowest BCUT2D eigenvalue weighted by Crippen LogP contribution is -2.45. The zero-order chi connectivity index (χ0) is 52.2. The Balaban J connectivity index is 3.46. The lowest BCUT2D eigenvalue weighted by molar-refractivity contribution is -0.143. The summed E-state index contributed by atoms with van der Waals surface area (Å²) in [6.07, 6.45) is 78.7. The van der Waals surface area contributed by atoms with Gasteiger partial charge < -0.3 is 20.3 Å². The van der Waals surface area contributed by atoms with E-state index in [1.807, 2.05) is 6.08 Å². The van der Waals surface area contributed by atoms with Crippen molar-refractivity contribution in [3.63, 3.8) is 0 Å². The summed E-state index contributed by atoms with van der Waals surface area (Å²) in [5.41, 5.74) is 0. The highest BCUT2D eigenvalue weighted by Crippen LogP contribution is 2.16. The molecule has 6 heteroatoms. The smallest absolute Gasteiger partial charge is 0.305 e. The molecule has 0 aromatic heterocycles. The number of amides is 1. The SMILES string of the molecule is CCCCCCCC/C=C\CCCCCCCCCC(=O)OCCCCCCCCCCC/C=C\C/C=C\CCCCCCCCCC(=O)NC(CO)C(O)/C=C/CCCCCCCCCCCCCCC. The fourth-order valence-electron chi connectivity index (χ4n) is 9.66. The molecule has 0 bridgehead atoms. The van der Waals surface area contributed by atoms with Gasteiger partial charge in [-0.1, -0.05) is 281 Å². The minimum Gasteiger partial charge on any atom is -0.466 e. The van der Waals surface area contributed by atoms with Gasteiger partial charge in [0, 0.05) is 12.8 Å². The summed E-state index contributed by atoms with van der Waals surface area (Å²) in [6, 6.07) is -0.636. The molecule has 0 rings (SSSR count). The summed E-state index contributed by atoms with van der Waals surface area (Å²) >= 11 is 0. The van der Waals surface area contributed by atoms with Gasteiger partial charge in [0.05, 0.1) is 25.4 Å². The zero-order valence-corrected chi connectivity index (χ0v) is 48.2. The number of aliphatic hydroxyl groups is 2. The number of hydrogen-bond donors (Lipinski definition) is 3. The first-order valence-corrected chi connectivity index (χ1v) is 31.9. The van der Waals surface area contributed by atoms with Crippen molar-refractivity contribution >= 4 is 11.9 Å². The summed E-state index contributed by atoms with van der Waals surface area (Å²) in [7, 11) is 0. The summed E-state index contributed by atoms with van der Waals surface area (Å²) in [5, 5.41) is 23.1. The maximum Gasteiger partial charge on any atom is 0.305 e. The van der Waals surface area contributed by atoms with Gasteiger partial charge in [0.2, 0.25) is 5.91 Å². The lowest BCUT2D eigenvalue weighted by Gasteiger charge is -2.20. The van der Waals surface area contributed by atoms with Crippen LogP contribution in [0.25, 0.3) is 0 Å². The second kappa shape index (κ2) is 61.4. The molecule has 72 heavy (non-hydrogen) atoms. The van der Waals surface area contributed by atoms with Gasteiger partial charge in [-0.2, -0.15) is 0 Å². The Morgan fingerprint density at radius 1 is 0.389 bits per heavy atom. The van der Waals surface area contributed by atoms with E-state index >= 15 is 0 Å². The number of rotatable bonds is 59. The van der Waals surface area contributed by atoms with E-state index < -0.39 is 12.1 Å². The molecule has 0 fully saturated rings. The molecule has 0 saturated heterocycles. The predicted molar refractivity (Wildman–Crippen MR) is 315 cm³/mol. The average Bonchev–Trinajstić information content (AvgIpc) is 3.38. The molecule has 2 atom stereocenters. The quantitative estimate of drug-likeness (QED) is 0.0320. The molecule has 422 valence electrons. The Hall–Kier alpha value is -2.18. The van der Waals surface area contributed by atoms with E-state index in [0.717, 1.165) is 64.2 Å². The number of ether oxygens (including phenoxy) is 1. The molecule has 0 aromatic rings. The molecular weight excluding hydrogens is 887 g/mol. The van der Waals surface area contributed by atoms with Crippen molar-refractivity contribution in [1.82, 2.24) is 5.32 Å². The molecule has 0 radical (unpaired) electrons. The molecule has 0 aliphatic rings. The monoisotopic (exact) mass is 1010 g/mol. The van der Waals surface area contributed by atoms with E-state index in [0.29, 0.717) is 19.4 Å². The molecule has 0 aliphatic heterocycles. The fourth-order valence-corrected chi connectivity index (χ4v) is 9.66. The van der Waals surface area contributed by atoms with Gasteiger partial charge in [0.15, 0.2) is 0 Å². The molecular formula is C66H123NO5. The molecule has 0 saturated carbocycles. The van der Waals surface area contributed by atoms with Crippen LogP contribution in [-0.4, -0.2) is 47.4 Å². The Labute approximate surface area is 448 Å². The predicted octanol–water partition coefficient (Wildman–Crippen LogP) is 20.1. The van der Waals surface area contributed by atoms with E-state index in [4.69, 9.17) is 4.74 Å². The molecule has 0 spiro atoms. The summed E-state index contributed by atoms with van der Waals surface area (Å²) in [4.78, 5) is 24.5. The zero-order valence-electron chi connectivity index (χ0n) is 48.2. The van der Waals surface area contributed by atoms with Crippen LogP contribution in [0.15, 0.2) is 48.6 Å². The first-order valence-electron chi connectivity index (χ1n) is 31.9. The highest BCUT2D eigenvalue weighted by molar-refractivity contribution is 5.76. The number of hydrogen-bond acceptors (Lipinski definition) is 5. The largest absolute Gasteiger partial charge is 0.466 e. The van der Waals surface area contributed by atoms with Crippen molar-refractivity contribution in [1.29, 1.82) is 0 Å². The molecule has 2 unspecified atom stereocenters. The van der Waals surface area contributed by atoms with E-state index in [2.05, 4.69) is 55.6 Å². The van der Waals surface area contributed by atoms with Gasteiger partial charge in [0.25, 0.3) is 0 Å². The number of nitrogens with one attached hydrogen (secondary N) is 1. The number of esters is 1. The maximum absolute atomic E-state index is 12.5. The standard InChI is InChI=1S/C66H123NO5/c1-3-5-7-9-11-13-15-17-19-27-32-36-40-44-48-52-56-60-66(71)72-61-57-53-49-45-41-37-33-29-26-24-22-20-21-23-25-28-31-35-39-43-47-51-55-59-65(70)67-63(62-68)64(69)58-54-50-46-42-38-34-30-18-16-14-12-10-8-6-4-2/h17,19-20,22-23,25,54,58,63-64,68-69H,3-16,18,21,24,26-53,55-57,59-62H2,1-2H3,(H,67,70)/b19-17-,22-20-,25-23-,58-54+. The number of carbonyl (C=O) groups is 2. The number of unbranched alkanes of at least 4 members (excludes halogenated alkanes) is 42. The van der Waals surface area contributed by atoms with Crippen molar-refractivity contribution in [3.8, 4) is 0 Å². The fraction of sp³-hybridized carbons (Fsp3) is 0.848. The van der Waals surface area contributed by atoms with Gasteiger partial charge in [-0.15, -0.1) is 0 Å². The second-order valence-electron chi connectivity index (χ2n) is 21.7. The minimum atomic E-state index is -0.852. The van der Waals surface area contributed by atoms with Crippen LogP contribution in [0.5, 0.6) is 0 Å². The minimum absolute atomic E-state index is 0.00301. The van der Waals surface area contributed by atoms with Crippen LogP contribution < -0.4 is 5.32 Å². The third-order valence-electron chi connectivity index (χ3n) is 14.6. The highest BCUT2D eigenvalue weighted by Gasteiger charge is 2.18. The van der Waals surface area contributed by atoms with Crippen LogP contribution in [0.1, 0.15) is 335 Å². The Bertz CT molecular complexity index is 1210. The highest BCUT2D eigenvalue weighted by atomic mass is 16.5. The van der Waals surface area contributed by atoms with Crippen molar-refractivity contribution in [2.45, 2.75) is 347 Å². The molecule has 6 nitrogen and oxygen atoms in total. The van der Waals surface area contributed by atoms with Gasteiger partial charge in [-0.25, -0.2) is 0 Å². The molecule has 3 N–H and O–H groups in total. The van der Waals surface area contributed by atoms with Crippen molar-refractivity contribution in [2.24, 2.45) is 0 Å². The summed E-state index contributed by atoms with van der Waals surface area (Å²) in [6.45, 7) is 4.90. The van der Waals surface area contributed by atoms with Gasteiger partial charge >= 0.3 is 5.97 Å². The van der Waals surface area contributed by atoms with E-state index in [1.54, 1.807) is 6.08 Å². The third-order valence-corrected chi connectivity index (χ3v) is 14.6. The first kappa shape index (κ1) is 69.8. The first-order chi connectivity index (χ1) is 35.5. The van der Waals surface area contributed by atoms with Crippen LogP contribution >= 0.6 is 0 Å². The van der Waals surface area contributed by atoms with E-state index in [1.165, 1.54) is 244 Å². The number of aliphatic hydroxyl groups excluding tert-OH is 2. The lowest BCUT2D eigenvalue weighted by atomic mass is 10.0. The van der Waals surface area contributed by atoms with Crippen LogP contribution in [0.4, 0.5) is 0 Å². The Morgan fingerprint density at radius 3 is 1.07 bits per heavy atom. The van der Waals surface area contributed by atoms with Gasteiger partial charge in [-0.3, -0.25) is 9.59 Å². The Morgan fingerprint density at radius 2 is 0.694 bits per heavy atom. The third kappa shape index (κ3) is 57.1.